The number of alkyl halides is 2. The van der Waals surface area contributed by atoms with Gasteiger partial charge in [-0.25, -0.2) is 4.98 Å². The SMILES string of the molecule is Cc1ccc2c(C(=O)Nc3ccncc3Cl)ccc(OC(F)F)c2n1. The summed E-state index contributed by atoms with van der Waals surface area (Å²) in [6.45, 7) is -1.27. The van der Waals surface area contributed by atoms with Crippen molar-refractivity contribution in [3.8, 4) is 5.75 Å². The summed E-state index contributed by atoms with van der Waals surface area (Å²) in [7, 11) is 0. The Morgan fingerprint density at radius 3 is 2.76 bits per heavy atom. The predicted molar refractivity (Wildman–Crippen MR) is 90.3 cm³/mol. The van der Waals surface area contributed by atoms with E-state index in [0.29, 0.717) is 16.8 Å². The maximum absolute atomic E-state index is 12.6. The van der Waals surface area contributed by atoms with Gasteiger partial charge in [-0.05, 0) is 31.2 Å². The van der Waals surface area contributed by atoms with Crippen LogP contribution in [0, 0.1) is 6.92 Å². The largest absolute Gasteiger partial charge is 0.432 e. The van der Waals surface area contributed by atoms with E-state index in [-0.39, 0.29) is 21.9 Å². The predicted octanol–water partition coefficient (Wildman–Crippen LogP) is 4.45. The maximum Gasteiger partial charge on any atom is 0.387 e. The first-order valence-corrected chi connectivity index (χ1v) is 7.59. The van der Waals surface area contributed by atoms with E-state index in [1.807, 2.05) is 0 Å². The fraction of sp³-hybridized carbons (Fsp3) is 0.118. The van der Waals surface area contributed by atoms with Gasteiger partial charge in [-0.2, -0.15) is 8.78 Å². The minimum atomic E-state index is -2.99. The van der Waals surface area contributed by atoms with Gasteiger partial charge in [0.05, 0.1) is 10.7 Å². The van der Waals surface area contributed by atoms with Crippen molar-refractivity contribution in [3.05, 3.63) is 59.0 Å². The molecule has 0 unspecified atom stereocenters. The monoisotopic (exact) mass is 363 g/mol. The number of anilines is 1. The highest BCUT2D eigenvalue weighted by Gasteiger charge is 2.17. The number of ether oxygens (including phenoxy) is 1. The van der Waals surface area contributed by atoms with Crippen molar-refractivity contribution < 1.29 is 18.3 Å². The fourth-order valence-electron chi connectivity index (χ4n) is 2.34. The lowest BCUT2D eigenvalue weighted by Gasteiger charge is -2.12. The Bertz CT molecular complexity index is 950. The molecule has 0 spiro atoms. The standard InChI is InChI=1S/C17H12ClF2N3O2/c1-9-2-3-10-11(4-5-14(15(10)22-9)25-17(19)20)16(24)23-13-6-7-21-8-12(13)18/h2-8,17H,1H3,(H,21,23,24). The molecule has 3 rings (SSSR count). The summed E-state index contributed by atoms with van der Waals surface area (Å²) >= 11 is 5.98. The Labute approximate surface area is 146 Å². The zero-order valence-corrected chi connectivity index (χ0v) is 13.7. The zero-order valence-electron chi connectivity index (χ0n) is 13.0. The highest BCUT2D eigenvalue weighted by atomic mass is 35.5. The number of aromatic nitrogens is 2. The van der Waals surface area contributed by atoms with Crippen LogP contribution >= 0.6 is 11.6 Å². The molecule has 2 aromatic heterocycles. The molecule has 0 bridgehead atoms. The number of pyridine rings is 2. The number of carbonyl (C=O) groups is 1. The highest BCUT2D eigenvalue weighted by molar-refractivity contribution is 6.33. The first-order valence-electron chi connectivity index (χ1n) is 7.22. The van der Waals surface area contributed by atoms with E-state index < -0.39 is 12.5 Å². The van der Waals surface area contributed by atoms with Crippen molar-refractivity contribution in [2.75, 3.05) is 5.32 Å². The smallest absolute Gasteiger partial charge is 0.387 e. The summed E-state index contributed by atoms with van der Waals surface area (Å²) in [4.78, 5) is 20.7. The molecule has 128 valence electrons. The van der Waals surface area contributed by atoms with E-state index in [0.717, 1.165) is 0 Å². The Balaban J connectivity index is 2.05. The average Bonchev–Trinajstić information content (AvgIpc) is 2.57. The molecule has 0 aliphatic carbocycles. The lowest BCUT2D eigenvalue weighted by atomic mass is 10.1. The van der Waals surface area contributed by atoms with Crippen LogP contribution in [0.5, 0.6) is 5.75 Å². The molecule has 2 heterocycles. The van der Waals surface area contributed by atoms with E-state index in [9.17, 15) is 13.6 Å². The fourth-order valence-corrected chi connectivity index (χ4v) is 2.51. The molecule has 5 nitrogen and oxygen atoms in total. The number of hydrogen-bond acceptors (Lipinski definition) is 4. The third-order valence-electron chi connectivity index (χ3n) is 3.44. The molecule has 0 radical (unpaired) electrons. The van der Waals surface area contributed by atoms with E-state index in [4.69, 9.17) is 11.6 Å². The van der Waals surface area contributed by atoms with Gasteiger partial charge in [0.1, 0.15) is 5.52 Å². The van der Waals surface area contributed by atoms with E-state index in [1.54, 1.807) is 25.1 Å². The Kier molecular flexibility index (Phi) is 4.76. The van der Waals surface area contributed by atoms with E-state index >= 15 is 0 Å². The molecule has 25 heavy (non-hydrogen) atoms. The van der Waals surface area contributed by atoms with Gasteiger partial charge in [0.25, 0.3) is 5.91 Å². The Hall–Kier alpha value is -2.80. The summed E-state index contributed by atoms with van der Waals surface area (Å²) in [5, 5.41) is 3.34. The lowest BCUT2D eigenvalue weighted by Crippen LogP contribution is -2.13. The number of aryl methyl sites for hydroxylation is 1. The van der Waals surface area contributed by atoms with E-state index in [2.05, 4.69) is 20.0 Å². The van der Waals surface area contributed by atoms with Gasteiger partial charge in [-0.15, -0.1) is 0 Å². The van der Waals surface area contributed by atoms with Gasteiger partial charge < -0.3 is 10.1 Å². The van der Waals surface area contributed by atoms with Crippen LogP contribution in [0.1, 0.15) is 16.1 Å². The maximum atomic E-state index is 12.6. The first-order chi connectivity index (χ1) is 12.0. The molecule has 1 aromatic carbocycles. The van der Waals surface area contributed by atoms with Crippen molar-refractivity contribution in [1.29, 1.82) is 0 Å². The zero-order chi connectivity index (χ0) is 18.0. The van der Waals surface area contributed by atoms with Crippen LogP contribution in [0.2, 0.25) is 5.02 Å². The summed E-state index contributed by atoms with van der Waals surface area (Å²) in [6, 6.07) is 7.58. The molecule has 0 atom stereocenters. The summed E-state index contributed by atoms with van der Waals surface area (Å²) in [6.07, 6.45) is 2.89. The van der Waals surface area contributed by atoms with Crippen LogP contribution in [0.3, 0.4) is 0 Å². The van der Waals surface area contributed by atoms with Crippen molar-refractivity contribution in [2.45, 2.75) is 13.5 Å². The molecule has 3 aromatic rings. The molecule has 1 amide bonds. The number of nitrogens with zero attached hydrogens (tertiary/aromatic N) is 2. The molecule has 0 aliphatic heterocycles. The molecule has 8 heteroatoms. The van der Waals surface area contributed by atoms with Crippen LogP contribution in [-0.4, -0.2) is 22.5 Å². The Morgan fingerprint density at radius 1 is 1.24 bits per heavy atom. The topological polar surface area (TPSA) is 64.1 Å². The molecule has 0 aliphatic rings. The average molecular weight is 364 g/mol. The minimum absolute atomic E-state index is 0.0906. The van der Waals surface area contributed by atoms with Gasteiger partial charge in [0, 0.05) is 29.0 Å². The normalized spacial score (nSPS) is 10.9. The highest BCUT2D eigenvalue weighted by Crippen LogP contribution is 2.29. The van der Waals surface area contributed by atoms with Gasteiger partial charge in [-0.3, -0.25) is 9.78 Å². The number of amides is 1. The number of halogens is 3. The van der Waals surface area contributed by atoms with Gasteiger partial charge >= 0.3 is 6.61 Å². The number of fused-ring (bicyclic) bond motifs is 1. The van der Waals surface area contributed by atoms with Crippen molar-refractivity contribution in [2.24, 2.45) is 0 Å². The second-order valence-electron chi connectivity index (χ2n) is 5.15. The van der Waals surface area contributed by atoms with Crippen molar-refractivity contribution >= 4 is 34.1 Å². The van der Waals surface area contributed by atoms with Crippen molar-refractivity contribution in [1.82, 2.24) is 9.97 Å². The van der Waals surface area contributed by atoms with E-state index in [1.165, 1.54) is 24.5 Å². The van der Waals surface area contributed by atoms with Gasteiger partial charge in [-0.1, -0.05) is 17.7 Å². The molecule has 0 saturated heterocycles. The summed E-state index contributed by atoms with van der Waals surface area (Å²) in [5.74, 6) is -0.542. The first kappa shape index (κ1) is 17.0. The molecule has 0 saturated carbocycles. The molecule has 0 fully saturated rings. The number of rotatable bonds is 4. The Morgan fingerprint density at radius 2 is 2.04 bits per heavy atom. The third kappa shape index (κ3) is 3.66. The lowest BCUT2D eigenvalue weighted by molar-refractivity contribution is -0.0489. The van der Waals surface area contributed by atoms with Crippen LogP contribution in [0.15, 0.2) is 42.7 Å². The van der Waals surface area contributed by atoms with Gasteiger partial charge in [0.15, 0.2) is 5.75 Å². The number of hydrogen-bond donors (Lipinski definition) is 1. The summed E-state index contributed by atoms with van der Waals surface area (Å²) in [5.41, 5.74) is 1.45. The number of carbonyl (C=O) groups excluding carboxylic acids is 1. The second kappa shape index (κ2) is 6.98. The van der Waals surface area contributed by atoms with Crippen LogP contribution < -0.4 is 10.1 Å². The van der Waals surface area contributed by atoms with Gasteiger partial charge in [0.2, 0.25) is 0 Å². The number of benzene rings is 1. The van der Waals surface area contributed by atoms with Crippen molar-refractivity contribution in [3.63, 3.8) is 0 Å². The van der Waals surface area contributed by atoms with Crippen LogP contribution in [0.4, 0.5) is 14.5 Å². The minimum Gasteiger partial charge on any atom is -0.432 e. The third-order valence-corrected chi connectivity index (χ3v) is 3.74. The molecule has 1 N–H and O–H groups in total. The number of nitrogens with one attached hydrogen (secondary N) is 1. The second-order valence-corrected chi connectivity index (χ2v) is 5.56. The van der Waals surface area contributed by atoms with Crippen LogP contribution in [0.25, 0.3) is 10.9 Å². The molecular formula is C17H12ClF2N3O2. The van der Waals surface area contributed by atoms with Crippen LogP contribution in [-0.2, 0) is 0 Å². The quantitative estimate of drug-likeness (QED) is 0.744. The summed E-state index contributed by atoms with van der Waals surface area (Å²) < 4.78 is 29.7. The molecular weight excluding hydrogens is 352 g/mol.